The van der Waals surface area contributed by atoms with Crippen LogP contribution in [0, 0.1) is 0 Å². The molecule has 0 aliphatic carbocycles. The van der Waals surface area contributed by atoms with Gasteiger partial charge in [0.25, 0.3) is 0 Å². The van der Waals surface area contributed by atoms with Crippen LogP contribution in [0.2, 0.25) is 0 Å². The lowest BCUT2D eigenvalue weighted by molar-refractivity contribution is -0.302. The average Bonchev–Trinajstić information content (AvgIpc) is 3.72. The van der Waals surface area contributed by atoms with Gasteiger partial charge in [-0.15, -0.1) is 0 Å². The molecule has 7 atom stereocenters. The first-order chi connectivity index (χ1) is 42.7. The summed E-state index contributed by atoms with van der Waals surface area (Å²) in [5.74, 6) is -0.177. The summed E-state index contributed by atoms with van der Waals surface area (Å²) in [5, 5.41) is 54.3. The lowest BCUT2D eigenvalue weighted by Crippen LogP contribution is -2.60. The van der Waals surface area contributed by atoms with Gasteiger partial charge >= 0.3 is 5.97 Å². The van der Waals surface area contributed by atoms with Crippen molar-refractivity contribution in [2.75, 3.05) is 19.8 Å². The van der Waals surface area contributed by atoms with E-state index >= 15 is 0 Å². The number of ether oxygens (including phenoxy) is 3. The highest BCUT2D eigenvalue weighted by Gasteiger charge is 2.44. The normalized spacial score (nSPS) is 18.1. The van der Waals surface area contributed by atoms with Gasteiger partial charge in [-0.2, -0.15) is 0 Å². The van der Waals surface area contributed by atoms with Crippen molar-refractivity contribution in [2.24, 2.45) is 0 Å². The van der Waals surface area contributed by atoms with E-state index in [0.717, 1.165) is 57.8 Å². The van der Waals surface area contributed by atoms with Gasteiger partial charge in [0.15, 0.2) is 6.29 Å². The molecule has 1 aliphatic heterocycles. The maximum Gasteiger partial charge on any atom is 0.305 e. The Morgan fingerprint density at radius 2 is 0.782 bits per heavy atom. The van der Waals surface area contributed by atoms with Crippen molar-refractivity contribution in [3.05, 3.63) is 48.6 Å². The van der Waals surface area contributed by atoms with Crippen molar-refractivity contribution in [3.63, 3.8) is 0 Å². The van der Waals surface area contributed by atoms with Gasteiger partial charge in [0.2, 0.25) is 5.91 Å². The SMILES string of the molecule is CCCCCC/C=C/CC/C=C/C(O)C(COC1OC(CO)C(O)C(O)C1O)NC(=O)CCCCCCCCCCCCCCCCCCC/C=C\C/C=C\CCCCCCCCCCCCCCCOC(=O)CCCCCCCCCCCCCC. The van der Waals surface area contributed by atoms with Crippen LogP contribution in [-0.4, -0.2) is 100 Å². The monoisotopic (exact) mass is 1230 g/mol. The summed E-state index contributed by atoms with van der Waals surface area (Å²) in [5.41, 5.74) is 0. The summed E-state index contributed by atoms with van der Waals surface area (Å²) >= 11 is 0. The third-order valence-electron chi connectivity index (χ3n) is 17.7. The number of rotatable bonds is 66. The summed E-state index contributed by atoms with van der Waals surface area (Å²) in [6, 6.07) is -0.825. The molecule has 87 heavy (non-hydrogen) atoms. The van der Waals surface area contributed by atoms with E-state index in [9.17, 15) is 35.1 Å². The number of carbonyl (C=O) groups excluding carboxylic acids is 2. The van der Waals surface area contributed by atoms with Crippen LogP contribution < -0.4 is 5.32 Å². The summed E-state index contributed by atoms with van der Waals surface area (Å²) < 4.78 is 16.7. The zero-order chi connectivity index (χ0) is 63.0. The number of hydrogen-bond donors (Lipinski definition) is 6. The first-order valence-corrected chi connectivity index (χ1v) is 37.4. The zero-order valence-corrected chi connectivity index (χ0v) is 56.7. The molecule has 0 radical (unpaired) electrons. The second kappa shape index (κ2) is 65.1. The maximum atomic E-state index is 13.0. The van der Waals surface area contributed by atoms with Gasteiger partial charge in [0, 0.05) is 12.8 Å². The number of esters is 1. The lowest BCUT2D eigenvalue weighted by Gasteiger charge is -2.40. The van der Waals surface area contributed by atoms with Gasteiger partial charge in [-0.1, -0.05) is 319 Å². The van der Waals surface area contributed by atoms with Crippen molar-refractivity contribution in [2.45, 2.75) is 403 Å². The highest BCUT2D eigenvalue weighted by Crippen LogP contribution is 2.23. The van der Waals surface area contributed by atoms with Crippen molar-refractivity contribution in [1.29, 1.82) is 0 Å². The zero-order valence-electron chi connectivity index (χ0n) is 56.7. The summed E-state index contributed by atoms with van der Waals surface area (Å²) in [7, 11) is 0. The third-order valence-corrected chi connectivity index (χ3v) is 17.7. The number of aliphatic hydroxyl groups excluding tert-OH is 5. The van der Waals surface area contributed by atoms with Crippen molar-refractivity contribution in [1.82, 2.24) is 5.32 Å². The highest BCUT2D eigenvalue weighted by molar-refractivity contribution is 5.76. The Balaban J connectivity index is 1.90. The van der Waals surface area contributed by atoms with E-state index in [0.29, 0.717) is 19.4 Å². The van der Waals surface area contributed by atoms with Crippen LogP contribution in [0.15, 0.2) is 48.6 Å². The van der Waals surface area contributed by atoms with Gasteiger partial charge < -0.3 is 45.1 Å². The Labute approximate surface area is 536 Å². The number of hydrogen-bond acceptors (Lipinski definition) is 10. The van der Waals surface area contributed by atoms with Crippen molar-refractivity contribution < 1.29 is 49.3 Å². The second-order valence-corrected chi connectivity index (χ2v) is 26.0. The second-order valence-electron chi connectivity index (χ2n) is 26.0. The van der Waals surface area contributed by atoms with Gasteiger partial charge in [-0.05, 0) is 77.0 Å². The molecule has 6 N–H and O–H groups in total. The molecule has 1 aliphatic rings. The van der Waals surface area contributed by atoms with Crippen LogP contribution in [-0.2, 0) is 23.8 Å². The van der Waals surface area contributed by atoms with Crippen molar-refractivity contribution in [3.8, 4) is 0 Å². The van der Waals surface area contributed by atoms with Gasteiger partial charge in [-0.3, -0.25) is 9.59 Å². The van der Waals surface area contributed by atoms with E-state index in [-0.39, 0.29) is 18.5 Å². The molecule has 0 bridgehead atoms. The largest absolute Gasteiger partial charge is 0.466 e. The molecule has 1 heterocycles. The van der Waals surface area contributed by atoms with Crippen molar-refractivity contribution >= 4 is 11.9 Å². The van der Waals surface area contributed by atoms with Crippen LogP contribution >= 0.6 is 0 Å². The summed E-state index contributed by atoms with van der Waals surface area (Å²) in [6.07, 6.45) is 75.7. The Morgan fingerprint density at radius 3 is 1.22 bits per heavy atom. The van der Waals surface area contributed by atoms with Gasteiger partial charge in [-0.25, -0.2) is 0 Å². The van der Waals surface area contributed by atoms with E-state index < -0.39 is 49.5 Å². The van der Waals surface area contributed by atoms with Gasteiger partial charge in [0.05, 0.1) is 32.0 Å². The average molecular weight is 1230 g/mol. The molecular weight excluding hydrogens is 1090 g/mol. The predicted molar refractivity (Wildman–Crippen MR) is 366 cm³/mol. The minimum absolute atomic E-state index is 0.0133. The van der Waals surface area contributed by atoms with Gasteiger partial charge in [0.1, 0.15) is 24.4 Å². The maximum absolute atomic E-state index is 13.0. The van der Waals surface area contributed by atoms with Crippen LogP contribution in [0.1, 0.15) is 361 Å². The number of allylic oxidation sites excluding steroid dienone is 7. The molecule has 1 saturated heterocycles. The molecule has 1 rings (SSSR count). The Morgan fingerprint density at radius 1 is 0.425 bits per heavy atom. The van der Waals surface area contributed by atoms with E-state index in [1.54, 1.807) is 6.08 Å². The Bertz CT molecular complexity index is 1580. The fourth-order valence-electron chi connectivity index (χ4n) is 11.8. The van der Waals surface area contributed by atoms with Crippen LogP contribution in [0.3, 0.4) is 0 Å². The predicted octanol–water partition coefficient (Wildman–Crippen LogP) is 19.5. The quantitative estimate of drug-likeness (QED) is 0.0195. The number of unbranched alkanes of at least 4 members (excludes halogenated alkanes) is 46. The van der Waals surface area contributed by atoms with E-state index in [2.05, 4.69) is 55.6 Å². The molecule has 1 fully saturated rings. The standard InChI is InChI=1S/C76H141NO10/c1-3-5-7-9-11-13-15-44-48-52-56-60-64-72(81)85-65-61-57-53-49-45-42-40-38-36-34-32-30-28-26-24-22-20-18-16-17-19-21-23-25-27-29-31-33-35-37-39-41-43-47-51-55-59-63-71(80)77-68(67-86-76-75(84)74(83)73(82)70(66-78)87-76)69(79)62-58-54-50-46-14-12-10-8-6-4-2/h14,16,18,22,24,46,58,62,68-70,73-76,78-79,82-84H,3-13,15,17,19-21,23,25-45,47-57,59-61,63-67H2,1-2H3,(H,77,80)/b18-16-,24-22-,46-14+,62-58+. The molecule has 0 aromatic rings. The molecular formula is C76H141NO10. The number of carbonyl (C=O) groups is 2. The first kappa shape index (κ1) is 82.6. The highest BCUT2D eigenvalue weighted by atomic mass is 16.7. The molecule has 0 aromatic carbocycles. The topological polar surface area (TPSA) is 175 Å². The smallest absolute Gasteiger partial charge is 0.305 e. The van der Waals surface area contributed by atoms with E-state index in [1.165, 1.54) is 276 Å². The molecule has 7 unspecified atom stereocenters. The molecule has 1 amide bonds. The number of nitrogens with one attached hydrogen (secondary N) is 1. The van der Waals surface area contributed by atoms with Crippen LogP contribution in [0.4, 0.5) is 0 Å². The number of aliphatic hydroxyl groups is 5. The van der Waals surface area contributed by atoms with Crippen LogP contribution in [0.5, 0.6) is 0 Å². The summed E-state index contributed by atoms with van der Waals surface area (Å²) in [4.78, 5) is 25.1. The fraction of sp³-hybridized carbons (Fsp3) is 0.868. The molecule has 510 valence electrons. The lowest BCUT2D eigenvalue weighted by atomic mass is 9.99. The minimum atomic E-state index is -1.57. The molecule has 0 aromatic heterocycles. The number of amides is 1. The third kappa shape index (κ3) is 53.9. The Kier molecular flexibility index (Phi) is 61.9. The Hall–Kier alpha value is -2.38. The van der Waals surface area contributed by atoms with E-state index in [4.69, 9.17) is 14.2 Å². The molecule has 11 nitrogen and oxygen atoms in total. The van der Waals surface area contributed by atoms with Crippen LogP contribution in [0.25, 0.3) is 0 Å². The molecule has 0 saturated carbocycles. The molecule has 11 heteroatoms. The van der Waals surface area contributed by atoms with E-state index in [1.807, 2.05) is 6.08 Å². The fourth-order valence-corrected chi connectivity index (χ4v) is 11.8. The molecule has 0 spiro atoms. The minimum Gasteiger partial charge on any atom is -0.466 e. The first-order valence-electron chi connectivity index (χ1n) is 37.4. The summed E-state index contributed by atoms with van der Waals surface area (Å²) in [6.45, 7) is 4.33.